The summed E-state index contributed by atoms with van der Waals surface area (Å²) in [5, 5.41) is 0. The highest BCUT2D eigenvalue weighted by Crippen LogP contribution is 2.38. The predicted octanol–water partition coefficient (Wildman–Crippen LogP) is 4.46. The number of rotatable bonds is 4. The maximum Gasteiger partial charge on any atom is 0.225 e. The number of carbonyl (C=O) groups is 1. The third-order valence-corrected chi connectivity index (χ3v) is 5.29. The van der Waals surface area contributed by atoms with Gasteiger partial charge in [-0.1, -0.05) is 26.0 Å². The summed E-state index contributed by atoms with van der Waals surface area (Å²) in [7, 11) is 1.65. The van der Waals surface area contributed by atoms with Gasteiger partial charge in [0.2, 0.25) is 5.91 Å². The standard InChI is InChI=1S/C21H25NO3S/c1-14(2)21(23)22-9-10-25-20-17(13-22)11-16(12-19(20)24-3)15-5-7-18(26-4)8-6-15/h5-8,11-12,14H,9-10,13H2,1-4H3. The first-order valence-corrected chi connectivity index (χ1v) is 10.0. The van der Waals surface area contributed by atoms with Crippen molar-refractivity contribution in [1.82, 2.24) is 4.90 Å². The number of hydrogen-bond acceptors (Lipinski definition) is 4. The van der Waals surface area contributed by atoms with Gasteiger partial charge in [0.15, 0.2) is 11.5 Å². The quantitative estimate of drug-likeness (QED) is 0.744. The molecule has 0 radical (unpaired) electrons. The van der Waals surface area contributed by atoms with Crippen LogP contribution in [0.1, 0.15) is 19.4 Å². The zero-order valence-corrected chi connectivity index (χ0v) is 16.6. The van der Waals surface area contributed by atoms with E-state index >= 15 is 0 Å². The van der Waals surface area contributed by atoms with E-state index in [0.29, 0.717) is 25.4 Å². The SMILES string of the molecule is COc1cc(-c2ccc(SC)cc2)cc2c1OCCN(C(=O)C(C)C)C2. The van der Waals surface area contributed by atoms with Crippen molar-refractivity contribution >= 4 is 17.7 Å². The molecule has 0 saturated heterocycles. The maximum atomic E-state index is 12.5. The van der Waals surface area contributed by atoms with Gasteiger partial charge in [-0.3, -0.25) is 4.79 Å². The molecule has 0 N–H and O–H groups in total. The second-order valence-corrected chi connectivity index (χ2v) is 7.54. The lowest BCUT2D eigenvalue weighted by atomic mass is 10.0. The topological polar surface area (TPSA) is 38.8 Å². The van der Waals surface area contributed by atoms with Crippen LogP contribution in [0, 0.1) is 5.92 Å². The van der Waals surface area contributed by atoms with Crippen LogP contribution in [0.4, 0.5) is 0 Å². The van der Waals surface area contributed by atoms with Crippen LogP contribution < -0.4 is 9.47 Å². The van der Waals surface area contributed by atoms with Crippen LogP contribution in [0.5, 0.6) is 11.5 Å². The molecule has 5 heteroatoms. The van der Waals surface area contributed by atoms with E-state index in [1.54, 1.807) is 18.9 Å². The third kappa shape index (κ3) is 3.83. The first-order valence-electron chi connectivity index (χ1n) is 8.80. The van der Waals surface area contributed by atoms with Crippen molar-refractivity contribution in [2.24, 2.45) is 5.92 Å². The van der Waals surface area contributed by atoms with Crippen LogP contribution in [0.15, 0.2) is 41.3 Å². The Hall–Kier alpha value is -2.14. The number of ether oxygens (including phenoxy) is 2. The number of fused-ring (bicyclic) bond motifs is 1. The van der Waals surface area contributed by atoms with E-state index in [1.165, 1.54) is 4.90 Å². The number of methoxy groups -OCH3 is 1. The molecule has 1 heterocycles. The fourth-order valence-corrected chi connectivity index (χ4v) is 3.55. The van der Waals surface area contributed by atoms with Gasteiger partial charge in [-0.2, -0.15) is 0 Å². The van der Waals surface area contributed by atoms with Gasteiger partial charge in [0.25, 0.3) is 0 Å². The number of carbonyl (C=O) groups excluding carboxylic acids is 1. The lowest BCUT2D eigenvalue weighted by Gasteiger charge is -2.22. The molecule has 0 bridgehead atoms. The van der Waals surface area contributed by atoms with E-state index in [2.05, 4.69) is 36.6 Å². The molecule has 0 unspecified atom stereocenters. The number of amides is 1. The van der Waals surface area contributed by atoms with Gasteiger partial charge in [0.05, 0.1) is 13.7 Å². The summed E-state index contributed by atoms with van der Waals surface area (Å²) in [4.78, 5) is 15.6. The molecule has 0 aliphatic carbocycles. The Kier molecular flexibility index (Phi) is 5.77. The van der Waals surface area contributed by atoms with Crippen LogP contribution in [0.25, 0.3) is 11.1 Å². The monoisotopic (exact) mass is 371 g/mol. The summed E-state index contributed by atoms with van der Waals surface area (Å²) < 4.78 is 11.5. The van der Waals surface area contributed by atoms with Crippen molar-refractivity contribution in [2.45, 2.75) is 25.3 Å². The van der Waals surface area contributed by atoms with E-state index in [-0.39, 0.29) is 11.8 Å². The Morgan fingerprint density at radius 3 is 2.54 bits per heavy atom. The Morgan fingerprint density at radius 1 is 1.19 bits per heavy atom. The number of thioether (sulfide) groups is 1. The fraction of sp³-hybridized carbons (Fsp3) is 0.381. The van der Waals surface area contributed by atoms with Gasteiger partial charge in [-0.25, -0.2) is 0 Å². The minimum Gasteiger partial charge on any atom is -0.493 e. The average molecular weight is 372 g/mol. The second kappa shape index (κ2) is 8.04. The highest BCUT2D eigenvalue weighted by atomic mass is 32.2. The molecule has 1 aliphatic rings. The Morgan fingerprint density at radius 2 is 1.92 bits per heavy atom. The van der Waals surface area contributed by atoms with E-state index in [9.17, 15) is 4.79 Å². The predicted molar refractivity (Wildman–Crippen MR) is 106 cm³/mol. The molecule has 1 aliphatic heterocycles. The van der Waals surface area contributed by atoms with Gasteiger partial charge < -0.3 is 14.4 Å². The zero-order chi connectivity index (χ0) is 18.7. The average Bonchev–Trinajstić information content (AvgIpc) is 2.88. The summed E-state index contributed by atoms with van der Waals surface area (Å²) in [5.41, 5.74) is 3.17. The highest BCUT2D eigenvalue weighted by molar-refractivity contribution is 7.98. The summed E-state index contributed by atoms with van der Waals surface area (Å²) in [6.07, 6.45) is 2.07. The number of nitrogens with zero attached hydrogens (tertiary/aromatic N) is 1. The van der Waals surface area contributed by atoms with Crippen molar-refractivity contribution in [3.63, 3.8) is 0 Å². The molecule has 2 aromatic carbocycles. The summed E-state index contributed by atoms with van der Waals surface area (Å²) in [6.45, 7) is 5.47. The maximum absolute atomic E-state index is 12.5. The Labute approximate surface area is 159 Å². The van der Waals surface area contributed by atoms with Crippen molar-refractivity contribution in [1.29, 1.82) is 0 Å². The van der Waals surface area contributed by atoms with Gasteiger partial charge >= 0.3 is 0 Å². The molecular weight excluding hydrogens is 346 g/mol. The molecule has 4 nitrogen and oxygen atoms in total. The third-order valence-electron chi connectivity index (χ3n) is 4.55. The largest absolute Gasteiger partial charge is 0.493 e. The first kappa shape index (κ1) is 18.6. The summed E-state index contributed by atoms with van der Waals surface area (Å²) >= 11 is 1.72. The van der Waals surface area contributed by atoms with Crippen molar-refractivity contribution < 1.29 is 14.3 Å². The Balaban J connectivity index is 2.01. The van der Waals surface area contributed by atoms with Crippen LogP contribution >= 0.6 is 11.8 Å². The van der Waals surface area contributed by atoms with Crippen LogP contribution in [-0.2, 0) is 11.3 Å². The summed E-state index contributed by atoms with van der Waals surface area (Å²) in [5.74, 6) is 1.58. The van der Waals surface area contributed by atoms with Gasteiger partial charge in [0, 0.05) is 22.9 Å². The van der Waals surface area contributed by atoms with Gasteiger partial charge in [-0.05, 0) is 41.6 Å². The first-order chi connectivity index (χ1) is 12.5. The molecule has 0 atom stereocenters. The zero-order valence-electron chi connectivity index (χ0n) is 15.7. The molecule has 26 heavy (non-hydrogen) atoms. The normalized spacial score (nSPS) is 13.8. The minimum absolute atomic E-state index is 0.0271. The van der Waals surface area contributed by atoms with E-state index in [0.717, 1.165) is 22.4 Å². The Bertz CT molecular complexity index is 787. The lowest BCUT2D eigenvalue weighted by molar-refractivity contribution is -0.135. The molecule has 138 valence electrons. The molecule has 3 rings (SSSR count). The van der Waals surface area contributed by atoms with Crippen molar-refractivity contribution in [3.8, 4) is 22.6 Å². The van der Waals surface area contributed by atoms with E-state index in [4.69, 9.17) is 9.47 Å². The minimum atomic E-state index is -0.0271. The van der Waals surface area contributed by atoms with Crippen LogP contribution in [-0.4, -0.2) is 37.3 Å². The molecular formula is C21H25NO3S. The fourth-order valence-electron chi connectivity index (χ4n) is 3.14. The van der Waals surface area contributed by atoms with Gasteiger partial charge in [0.1, 0.15) is 6.61 Å². The highest BCUT2D eigenvalue weighted by Gasteiger charge is 2.24. The van der Waals surface area contributed by atoms with Crippen molar-refractivity contribution in [3.05, 3.63) is 42.0 Å². The van der Waals surface area contributed by atoms with Crippen LogP contribution in [0.2, 0.25) is 0 Å². The molecule has 2 aromatic rings. The molecule has 0 saturated carbocycles. The van der Waals surface area contributed by atoms with Gasteiger partial charge in [-0.15, -0.1) is 11.8 Å². The number of benzene rings is 2. The lowest BCUT2D eigenvalue weighted by Crippen LogP contribution is -2.35. The van der Waals surface area contributed by atoms with Crippen molar-refractivity contribution in [2.75, 3.05) is 26.5 Å². The molecule has 0 aromatic heterocycles. The van der Waals surface area contributed by atoms with E-state index in [1.807, 2.05) is 24.8 Å². The molecule has 0 spiro atoms. The smallest absolute Gasteiger partial charge is 0.225 e. The van der Waals surface area contributed by atoms with Crippen LogP contribution in [0.3, 0.4) is 0 Å². The molecule has 1 amide bonds. The van der Waals surface area contributed by atoms with E-state index < -0.39 is 0 Å². The number of hydrogen-bond donors (Lipinski definition) is 0. The molecule has 0 fully saturated rings. The summed E-state index contributed by atoms with van der Waals surface area (Å²) in [6, 6.07) is 12.6. The second-order valence-electron chi connectivity index (χ2n) is 6.66.